The van der Waals surface area contributed by atoms with Crippen molar-refractivity contribution >= 4 is 21.6 Å². The smallest absolute Gasteiger partial charge is 0.242 e. The van der Waals surface area contributed by atoms with E-state index in [1.807, 2.05) is 13.8 Å². The van der Waals surface area contributed by atoms with Crippen LogP contribution in [0.5, 0.6) is 0 Å². The fourth-order valence-electron chi connectivity index (χ4n) is 1.44. The molecule has 0 radical (unpaired) electrons. The minimum atomic E-state index is -3.64. The molecule has 0 fully saturated rings. The van der Waals surface area contributed by atoms with E-state index in [2.05, 4.69) is 9.71 Å². The molecule has 1 aromatic rings. The highest BCUT2D eigenvalue weighted by molar-refractivity contribution is 7.89. The quantitative estimate of drug-likeness (QED) is 0.777. The van der Waals surface area contributed by atoms with E-state index in [0.717, 1.165) is 0 Å². The summed E-state index contributed by atoms with van der Waals surface area (Å²) in [5.41, 5.74) is 0. The highest BCUT2D eigenvalue weighted by atomic mass is 35.5. The van der Waals surface area contributed by atoms with Gasteiger partial charge in [0.25, 0.3) is 0 Å². The summed E-state index contributed by atoms with van der Waals surface area (Å²) in [6, 6.07) is 2.77. The monoisotopic (exact) mass is 292 g/mol. The summed E-state index contributed by atoms with van der Waals surface area (Å²) in [7, 11) is -3.64. The molecule has 0 aliphatic rings. The predicted molar refractivity (Wildman–Crippen MR) is 69.9 cm³/mol. The molecule has 0 aliphatic heterocycles. The normalized spacial score (nSPS) is 13.8. The first-order valence-corrected chi connectivity index (χ1v) is 7.46. The maximum Gasteiger partial charge on any atom is 0.242 e. The first-order valence-electron chi connectivity index (χ1n) is 5.60. The molecule has 18 heavy (non-hydrogen) atoms. The van der Waals surface area contributed by atoms with E-state index in [4.69, 9.17) is 11.6 Å². The maximum atomic E-state index is 11.8. The molecular weight excluding hydrogens is 276 g/mol. The Morgan fingerprint density at radius 1 is 1.44 bits per heavy atom. The van der Waals surface area contributed by atoms with Crippen molar-refractivity contribution in [2.75, 3.05) is 6.54 Å². The lowest BCUT2D eigenvalue weighted by atomic mass is 10.1. The molecule has 1 unspecified atom stereocenters. The summed E-state index contributed by atoms with van der Waals surface area (Å²) in [5.74, 6) is 0.307. The highest BCUT2D eigenvalue weighted by Crippen LogP contribution is 2.11. The van der Waals surface area contributed by atoms with Gasteiger partial charge in [0.2, 0.25) is 10.0 Å². The summed E-state index contributed by atoms with van der Waals surface area (Å²) in [6.45, 7) is 3.91. The number of aromatic nitrogens is 1. The van der Waals surface area contributed by atoms with Crippen LogP contribution in [0.1, 0.15) is 20.3 Å². The maximum absolute atomic E-state index is 11.8. The second kappa shape index (κ2) is 6.47. The predicted octanol–water partition coefficient (Wildman–Crippen LogP) is 1.42. The van der Waals surface area contributed by atoms with Crippen molar-refractivity contribution in [3.05, 3.63) is 23.5 Å². The van der Waals surface area contributed by atoms with Crippen LogP contribution < -0.4 is 4.72 Å². The molecular formula is C11H17ClN2O3S. The zero-order chi connectivity index (χ0) is 13.8. The van der Waals surface area contributed by atoms with Gasteiger partial charge in [0, 0.05) is 12.7 Å². The van der Waals surface area contributed by atoms with Gasteiger partial charge in [-0.3, -0.25) is 0 Å². The Hall–Kier alpha value is -0.690. The van der Waals surface area contributed by atoms with E-state index in [1.54, 1.807) is 0 Å². The third-order valence-electron chi connectivity index (χ3n) is 2.26. The molecule has 0 aliphatic carbocycles. The second-order valence-electron chi connectivity index (χ2n) is 4.45. The van der Waals surface area contributed by atoms with Crippen molar-refractivity contribution in [3.63, 3.8) is 0 Å². The van der Waals surface area contributed by atoms with Gasteiger partial charge in [-0.2, -0.15) is 0 Å². The Bertz CT molecular complexity index is 474. The number of rotatable bonds is 6. The number of sulfonamides is 1. The van der Waals surface area contributed by atoms with Gasteiger partial charge < -0.3 is 5.11 Å². The summed E-state index contributed by atoms with van der Waals surface area (Å²) < 4.78 is 26.0. The second-order valence-corrected chi connectivity index (χ2v) is 6.61. The Kier molecular flexibility index (Phi) is 5.52. The lowest BCUT2D eigenvalue weighted by molar-refractivity contribution is 0.152. The Morgan fingerprint density at radius 2 is 2.11 bits per heavy atom. The number of pyridine rings is 1. The molecule has 0 saturated heterocycles. The minimum Gasteiger partial charge on any atom is -0.392 e. The SMILES string of the molecule is CC(C)CC(O)CNS(=O)(=O)c1ccc(Cl)nc1. The van der Waals surface area contributed by atoms with E-state index < -0.39 is 16.1 Å². The van der Waals surface area contributed by atoms with Crippen molar-refractivity contribution in [1.82, 2.24) is 9.71 Å². The molecule has 5 nitrogen and oxygen atoms in total. The molecule has 0 amide bonds. The first kappa shape index (κ1) is 15.4. The standard InChI is InChI=1S/C11H17ClN2O3S/c1-8(2)5-9(15)6-14-18(16,17)10-3-4-11(12)13-7-10/h3-4,7-9,14-15H,5-6H2,1-2H3. The number of nitrogens with zero attached hydrogens (tertiary/aromatic N) is 1. The summed E-state index contributed by atoms with van der Waals surface area (Å²) in [5, 5.41) is 9.84. The first-order chi connectivity index (χ1) is 8.31. The molecule has 0 aromatic carbocycles. The van der Waals surface area contributed by atoms with Crippen LogP contribution in [-0.4, -0.2) is 31.2 Å². The molecule has 0 bridgehead atoms. The van der Waals surface area contributed by atoms with E-state index in [1.165, 1.54) is 18.3 Å². The molecule has 1 rings (SSSR count). The molecule has 1 heterocycles. The molecule has 0 spiro atoms. The van der Waals surface area contributed by atoms with Gasteiger partial charge in [0.1, 0.15) is 10.0 Å². The van der Waals surface area contributed by atoms with Crippen molar-refractivity contribution in [3.8, 4) is 0 Å². The fourth-order valence-corrected chi connectivity index (χ4v) is 2.57. The highest BCUT2D eigenvalue weighted by Gasteiger charge is 2.16. The van der Waals surface area contributed by atoms with Crippen LogP contribution in [0.25, 0.3) is 0 Å². The number of nitrogens with one attached hydrogen (secondary N) is 1. The summed E-state index contributed by atoms with van der Waals surface area (Å²) >= 11 is 5.58. The van der Waals surface area contributed by atoms with Crippen LogP contribution in [0.2, 0.25) is 5.15 Å². The topological polar surface area (TPSA) is 79.3 Å². The Balaban J connectivity index is 2.63. The minimum absolute atomic E-state index is 0.0108. The Labute approximate surface area is 112 Å². The Morgan fingerprint density at radius 3 is 2.61 bits per heavy atom. The van der Waals surface area contributed by atoms with Crippen molar-refractivity contribution in [2.24, 2.45) is 5.92 Å². The van der Waals surface area contributed by atoms with E-state index in [0.29, 0.717) is 12.3 Å². The fraction of sp³-hybridized carbons (Fsp3) is 0.545. The van der Waals surface area contributed by atoms with Crippen LogP contribution >= 0.6 is 11.6 Å². The number of hydrogen-bond donors (Lipinski definition) is 2. The molecule has 1 atom stereocenters. The van der Waals surface area contributed by atoms with Gasteiger partial charge in [-0.05, 0) is 24.5 Å². The van der Waals surface area contributed by atoms with Gasteiger partial charge >= 0.3 is 0 Å². The molecule has 2 N–H and O–H groups in total. The number of aliphatic hydroxyl groups excluding tert-OH is 1. The zero-order valence-electron chi connectivity index (χ0n) is 10.3. The van der Waals surface area contributed by atoms with Gasteiger partial charge in [0.15, 0.2) is 0 Å². The van der Waals surface area contributed by atoms with Gasteiger partial charge in [-0.25, -0.2) is 18.1 Å². The average Bonchev–Trinajstić information content (AvgIpc) is 2.26. The molecule has 1 aromatic heterocycles. The van der Waals surface area contributed by atoms with Crippen LogP contribution in [-0.2, 0) is 10.0 Å². The van der Waals surface area contributed by atoms with Crippen molar-refractivity contribution in [1.29, 1.82) is 0 Å². The van der Waals surface area contributed by atoms with Crippen LogP contribution in [0, 0.1) is 5.92 Å². The van der Waals surface area contributed by atoms with Crippen molar-refractivity contribution < 1.29 is 13.5 Å². The lowest BCUT2D eigenvalue weighted by Crippen LogP contribution is -2.32. The van der Waals surface area contributed by atoms with Crippen molar-refractivity contribution in [2.45, 2.75) is 31.3 Å². The zero-order valence-corrected chi connectivity index (χ0v) is 11.9. The van der Waals surface area contributed by atoms with E-state index in [9.17, 15) is 13.5 Å². The average molecular weight is 293 g/mol. The summed E-state index contributed by atoms with van der Waals surface area (Å²) in [6.07, 6.45) is 1.03. The third-order valence-corrected chi connectivity index (χ3v) is 3.90. The van der Waals surface area contributed by atoms with Crippen LogP contribution in [0.4, 0.5) is 0 Å². The molecule has 102 valence electrons. The number of halogens is 1. The molecule has 0 saturated carbocycles. The van der Waals surface area contributed by atoms with Crippen LogP contribution in [0.15, 0.2) is 23.2 Å². The largest absolute Gasteiger partial charge is 0.392 e. The van der Waals surface area contributed by atoms with E-state index in [-0.39, 0.29) is 16.6 Å². The van der Waals surface area contributed by atoms with Gasteiger partial charge in [-0.15, -0.1) is 0 Å². The van der Waals surface area contributed by atoms with Gasteiger partial charge in [-0.1, -0.05) is 25.4 Å². The number of aliphatic hydroxyl groups is 1. The van der Waals surface area contributed by atoms with E-state index >= 15 is 0 Å². The third kappa shape index (κ3) is 4.89. The summed E-state index contributed by atoms with van der Waals surface area (Å²) in [4.78, 5) is 3.74. The molecule has 7 heteroatoms. The van der Waals surface area contributed by atoms with Gasteiger partial charge in [0.05, 0.1) is 6.10 Å². The van der Waals surface area contributed by atoms with Crippen LogP contribution in [0.3, 0.4) is 0 Å². The number of hydrogen-bond acceptors (Lipinski definition) is 4. The lowest BCUT2D eigenvalue weighted by Gasteiger charge is -2.14.